The molecule has 0 saturated heterocycles. The number of rotatable bonds is 7. The Morgan fingerprint density at radius 1 is 1.15 bits per heavy atom. The zero-order valence-corrected chi connectivity index (χ0v) is 15.8. The third-order valence-corrected chi connectivity index (χ3v) is 5.07. The summed E-state index contributed by atoms with van der Waals surface area (Å²) >= 11 is 7.67. The zero-order chi connectivity index (χ0) is 18.4. The molecule has 0 atom stereocenters. The number of thiazole rings is 1. The molecule has 0 bridgehead atoms. The van der Waals surface area contributed by atoms with Crippen LogP contribution >= 0.6 is 22.9 Å². The molecule has 0 radical (unpaired) electrons. The summed E-state index contributed by atoms with van der Waals surface area (Å²) in [6, 6.07) is 15.2. The molecule has 1 heterocycles. The summed E-state index contributed by atoms with van der Waals surface area (Å²) in [5, 5.41) is 3.36. The van der Waals surface area contributed by atoms with Crippen molar-refractivity contribution >= 4 is 28.9 Å². The first kappa shape index (κ1) is 18.4. The van der Waals surface area contributed by atoms with Crippen molar-refractivity contribution in [3.8, 4) is 16.3 Å². The topological polar surface area (TPSA) is 48.4 Å². The molecular formula is C20H18ClNO3S. The van der Waals surface area contributed by atoms with E-state index in [9.17, 15) is 4.79 Å². The molecule has 0 aliphatic carbocycles. The van der Waals surface area contributed by atoms with Crippen LogP contribution in [0.4, 0.5) is 0 Å². The van der Waals surface area contributed by atoms with Crippen molar-refractivity contribution in [3.63, 3.8) is 0 Å². The van der Waals surface area contributed by atoms with E-state index >= 15 is 0 Å². The SMILES string of the molecule is COc1ccc(CCC(=O)OCc2csc(-c3ccccc3Cl)n2)cc1. The number of hydrogen-bond donors (Lipinski definition) is 0. The van der Waals surface area contributed by atoms with Gasteiger partial charge in [0.05, 0.1) is 17.8 Å². The summed E-state index contributed by atoms with van der Waals surface area (Å²) in [5.41, 5.74) is 2.68. The molecule has 3 aromatic rings. The summed E-state index contributed by atoms with van der Waals surface area (Å²) in [5.74, 6) is 0.558. The molecule has 0 aliphatic heterocycles. The molecule has 0 fully saturated rings. The number of benzene rings is 2. The molecule has 0 unspecified atom stereocenters. The Balaban J connectivity index is 1.49. The van der Waals surface area contributed by atoms with E-state index in [-0.39, 0.29) is 12.6 Å². The zero-order valence-electron chi connectivity index (χ0n) is 14.3. The van der Waals surface area contributed by atoms with Crippen LogP contribution in [0.3, 0.4) is 0 Å². The van der Waals surface area contributed by atoms with Crippen molar-refractivity contribution in [2.45, 2.75) is 19.4 Å². The van der Waals surface area contributed by atoms with Gasteiger partial charge < -0.3 is 9.47 Å². The van der Waals surface area contributed by atoms with Crippen LogP contribution in [0.15, 0.2) is 53.9 Å². The Bertz CT molecular complexity index is 877. The maximum Gasteiger partial charge on any atom is 0.306 e. The monoisotopic (exact) mass is 387 g/mol. The summed E-state index contributed by atoms with van der Waals surface area (Å²) in [6.07, 6.45) is 0.957. The molecule has 0 aliphatic rings. The highest BCUT2D eigenvalue weighted by molar-refractivity contribution is 7.13. The molecule has 0 saturated carbocycles. The third-order valence-electron chi connectivity index (χ3n) is 3.81. The predicted molar refractivity (Wildman–Crippen MR) is 104 cm³/mol. The van der Waals surface area contributed by atoms with Crippen LogP contribution in [0.25, 0.3) is 10.6 Å². The van der Waals surface area contributed by atoms with Crippen molar-refractivity contribution in [2.24, 2.45) is 0 Å². The molecular weight excluding hydrogens is 370 g/mol. The normalized spacial score (nSPS) is 10.5. The smallest absolute Gasteiger partial charge is 0.306 e. The minimum absolute atomic E-state index is 0.169. The molecule has 3 rings (SSSR count). The summed E-state index contributed by atoms with van der Waals surface area (Å²) < 4.78 is 10.4. The minimum Gasteiger partial charge on any atom is -0.497 e. The van der Waals surface area contributed by atoms with E-state index in [2.05, 4.69) is 4.98 Å². The molecule has 2 aromatic carbocycles. The van der Waals surface area contributed by atoms with Gasteiger partial charge in [-0.3, -0.25) is 4.79 Å². The van der Waals surface area contributed by atoms with E-state index in [1.165, 1.54) is 11.3 Å². The number of nitrogens with zero attached hydrogens (tertiary/aromatic N) is 1. The van der Waals surface area contributed by atoms with Gasteiger partial charge in [-0.25, -0.2) is 4.98 Å². The number of aromatic nitrogens is 1. The fraction of sp³-hybridized carbons (Fsp3) is 0.200. The number of methoxy groups -OCH3 is 1. The molecule has 0 amide bonds. The third kappa shape index (κ3) is 4.84. The second-order valence-corrected chi connectivity index (χ2v) is 6.90. The largest absolute Gasteiger partial charge is 0.497 e. The first-order valence-corrected chi connectivity index (χ1v) is 9.39. The number of aryl methyl sites for hydroxylation is 1. The van der Waals surface area contributed by atoms with Crippen molar-refractivity contribution in [2.75, 3.05) is 7.11 Å². The highest BCUT2D eigenvalue weighted by Gasteiger charge is 2.10. The van der Waals surface area contributed by atoms with Crippen LogP contribution in [0.2, 0.25) is 5.02 Å². The number of carbonyl (C=O) groups excluding carboxylic acids is 1. The van der Waals surface area contributed by atoms with E-state index < -0.39 is 0 Å². The van der Waals surface area contributed by atoms with Gasteiger partial charge in [-0.15, -0.1) is 11.3 Å². The number of carbonyl (C=O) groups is 1. The van der Waals surface area contributed by atoms with E-state index in [1.54, 1.807) is 7.11 Å². The molecule has 1 aromatic heterocycles. The first-order chi connectivity index (χ1) is 12.7. The Hall–Kier alpha value is -2.37. The van der Waals surface area contributed by atoms with E-state index in [0.29, 0.717) is 17.9 Å². The van der Waals surface area contributed by atoms with E-state index in [0.717, 1.165) is 27.6 Å². The minimum atomic E-state index is -0.242. The quantitative estimate of drug-likeness (QED) is 0.526. The van der Waals surface area contributed by atoms with Gasteiger partial charge in [-0.2, -0.15) is 0 Å². The maximum absolute atomic E-state index is 12.0. The standard InChI is InChI=1S/C20H18ClNO3S/c1-24-16-9-6-14(7-10-16)8-11-19(23)25-12-15-13-26-20(22-15)17-4-2-3-5-18(17)21/h2-7,9-10,13H,8,11-12H2,1H3. The van der Waals surface area contributed by atoms with Crippen LogP contribution in [-0.2, 0) is 22.6 Å². The van der Waals surface area contributed by atoms with Crippen LogP contribution in [0, 0.1) is 0 Å². The summed E-state index contributed by atoms with van der Waals surface area (Å²) in [6.45, 7) is 0.169. The fourth-order valence-corrected chi connectivity index (χ4v) is 3.52. The van der Waals surface area contributed by atoms with Gasteiger partial charge in [-0.1, -0.05) is 41.9 Å². The lowest BCUT2D eigenvalue weighted by molar-refractivity contribution is -0.145. The van der Waals surface area contributed by atoms with Crippen LogP contribution in [0.1, 0.15) is 17.7 Å². The first-order valence-electron chi connectivity index (χ1n) is 8.13. The van der Waals surface area contributed by atoms with E-state index in [1.807, 2.05) is 53.9 Å². The molecule has 134 valence electrons. The number of esters is 1. The van der Waals surface area contributed by atoms with Crippen molar-refractivity contribution < 1.29 is 14.3 Å². The average Bonchev–Trinajstić information content (AvgIpc) is 3.14. The summed E-state index contributed by atoms with van der Waals surface area (Å²) in [4.78, 5) is 16.4. The lowest BCUT2D eigenvalue weighted by atomic mass is 10.1. The van der Waals surface area contributed by atoms with Crippen LogP contribution in [0.5, 0.6) is 5.75 Å². The number of halogens is 1. The highest BCUT2D eigenvalue weighted by atomic mass is 35.5. The molecule has 26 heavy (non-hydrogen) atoms. The Morgan fingerprint density at radius 2 is 1.92 bits per heavy atom. The van der Waals surface area contributed by atoms with Crippen molar-refractivity contribution in [1.29, 1.82) is 0 Å². The van der Waals surface area contributed by atoms with Gasteiger partial charge in [-0.05, 0) is 30.2 Å². The predicted octanol–water partition coefficient (Wildman–Crippen LogP) is 5.15. The Labute approximate surface area is 161 Å². The van der Waals surface area contributed by atoms with Crippen LogP contribution < -0.4 is 4.74 Å². The van der Waals surface area contributed by atoms with Gasteiger partial charge >= 0.3 is 5.97 Å². The molecule has 0 spiro atoms. The second-order valence-electron chi connectivity index (χ2n) is 5.63. The van der Waals surface area contributed by atoms with Gasteiger partial charge in [0.1, 0.15) is 17.4 Å². The number of hydrogen-bond acceptors (Lipinski definition) is 5. The van der Waals surface area contributed by atoms with Crippen molar-refractivity contribution in [3.05, 3.63) is 70.2 Å². The van der Waals surface area contributed by atoms with Crippen molar-refractivity contribution in [1.82, 2.24) is 4.98 Å². The molecule has 4 nitrogen and oxygen atoms in total. The Morgan fingerprint density at radius 3 is 2.65 bits per heavy atom. The Kier molecular flexibility index (Phi) is 6.26. The highest BCUT2D eigenvalue weighted by Crippen LogP contribution is 2.30. The van der Waals surface area contributed by atoms with E-state index in [4.69, 9.17) is 21.1 Å². The number of ether oxygens (including phenoxy) is 2. The average molecular weight is 388 g/mol. The van der Waals surface area contributed by atoms with Gasteiger partial charge in [0.25, 0.3) is 0 Å². The molecule has 6 heteroatoms. The molecule has 0 N–H and O–H groups in total. The maximum atomic E-state index is 12.0. The van der Waals surface area contributed by atoms with Gasteiger partial charge in [0.2, 0.25) is 0 Å². The fourth-order valence-electron chi connectivity index (χ4n) is 2.40. The second kappa shape index (κ2) is 8.83. The summed E-state index contributed by atoms with van der Waals surface area (Å²) in [7, 11) is 1.63. The van der Waals surface area contributed by atoms with Gasteiger partial charge in [0, 0.05) is 17.4 Å². The lowest BCUT2D eigenvalue weighted by Crippen LogP contribution is -2.06. The van der Waals surface area contributed by atoms with Crippen LogP contribution in [-0.4, -0.2) is 18.1 Å². The van der Waals surface area contributed by atoms with Gasteiger partial charge in [0.15, 0.2) is 0 Å². The lowest BCUT2D eigenvalue weighted by Gasteiger charge is -2.04.